The minimum Gasteiger partial charge on any atom is -0.508 e. The minimum atomic E-state index is -0.819. The van der Waals surface area contributed by atoms with Crippen molar-refractivity contribution < 1.29 is 15.0 Å². The quantitative estimate of drug-likeness (QED) is 0.775. The molecule has 0 fully saturated rings. The number of hydrogen-bond donors (Lipinski definition) is 2. The van der Waals surface area contributed by atoms with E-state index in [0.29, 0.717) is 0 Å². The van der Waals surface area contributed by atoms with Crippen LogP contribution in [-0.4, -0.2) is 16.2 Å². The van der Waals surface area contributed by atoms with E-state index in [0.717, 1.165) is 5.56 Å². The third-order valence-corrected chi connectivity index (χ3v) is 2.54. The highest BCUT2D eigenvalue weighted by Gasteiger charge is 2.20. The van der Waals surface area contributed by atoms with Gasteiger partial charge in [-0.2, -0.15) is 0 Å². The normalized spacial score (nSPS) is 14.7. The number of carbonyl (C=O) groups is 1. The summed E-state index contributed by atoms with van der Waals surface area (Å²) in [7, 11) is 0. The molecule has 1 aromatic carbocycles. The van der Waals surface area contributed by atoms with Crippen LogP contribution in [0.3, 0.4) is 0 Å². The van der Waals surface area contributed by atoms with Crippen molar-refractivity contribution in [3.63, 3.8) is 0 Å². The van der Waals surface area contributed by atoms with Crippen LogP contribution in [0.2, 0.25) is 0 Å². The molecule has 0 aliphatic carbocycles. The van der Waals surface area contributed by atoms with Crippen LogP contribution in [0.4, 0.5) is 0 Å². The Hall–Kier alpha value is -1.51. The fraction of sp³-hybridized carbons (Fsp3) is 0.364. The average molecular weight is 194 g/mol. The lowest BCUT2D eigenvalue weighted by Gasteiger charge is -2.16. The highest BCUT2D eigenvalue weighted by Crippen LogP contribution is 2.26. The molecule has 1 rings (SSSR count). The summed E-state index contributed by atoms with van der Waals surface area (Å²) >= 11 is 0. The zero-order chi connectivity index (χ0) is 10.7. The third kappa shape index (κ3) is 2.25. The summed E-state index contributed by atoms with van der Waals surface area (Å²) in [6, 6.07) is 6.71. The Morgan fingerprint density at radius 3 is 2.50 bits per heavy atom. The molecule has 2 atom stereocenters. The number of carboxylic acid groups (broad SMARTS) is 1. The van der Waals surface area contributed by atoms with Crippen LogP contribution in [0.25, 0.3) is 0 Å². The van der Waals surface area contributed by atoms with Crippen molar-refractivity contribution in [3.8, 4) is 5.75 Å². The average Bonchev–Trinajstić information content (AvgIpc) is 2.15. The maximum Gasteiger partial charge on any atom is 0.306 e. The van der Waals surface area contributed by atoms with Crippen LogP contribution >= 0.6 is 0 Å². The van der Waals surface area contributed by atoms with Crippen molar-refractivity contribution in [2.24, 2.45) is 5.92 Å². The van der Waals surface area contributed by atoms with Gasteiger partial charge in [0, 0.05) is 0 Å². The third-order valence-electron chi connectivity index (χ3n) is 2.54. The molecule has 0 saturated heterocycles. The molecule has 76 valence electrons. The van der Waals surface area contributed by atoms with Gasteiger partial charge in [0.15, 0.2) is 0 Å². The predicted molar refractivity (Wildman–Crippen MR) is 53.3 cm³/mol. The molecular formula is C11H14O3. The van der Waals surface area contributed by atoms with Gasteiger partial charge in [-0.3, -0.25) is 4.79 Å². The second-order valence-corrected chi connectivity index (χ2v) is 3.51. The van der Waals surface area contributed by atoms with E-state index < -0.39 is 11.9 Å². The van der Waals surface area contributed by atoms with Crippen LogP contribution in [0, 0.1) is 5.92 Å². The van der Waals surface area contributed by atoms with Crippen molar-refractivity contribution in [2.75, 3.05) is 0 Å². The van der Waals surface area contributed by atoms with Crippen molar-refractivity contribution in [3.05, 3.63) is 29.8 Å². The fourth-order valence-electron chi connectivity index (χ4n) is 1.31. The second kappa shape index (κ2) is 4.13. The van der Waals surface area contributed by atoms with E-state index in [-0.39, 0.29) is 11.7 Å². The highest BCUT2D eigenvalue weighted by molar-refractivity contribution is 5.70. The van der Waals surface area contributed by atoms with Crippen LogP contribution in [0.15, 0.2) is 24.3 Å². The van der Waals surface area contributed by atoms with Gasteiger partial charge in [0.25, 0.3) is 0 Å². The van der Waals surface area contributed by atoms with E-state index in [2.05, 4.69) is 0 Å². The van der Waals surface area contributed by atoms with Crippen LogP contribution < -0.4 is 0 Å². The molecule has 14 heavy (non-hydrogen) atoms. The Morgan fingerprint density at radius 2 is 2.00 bits per heavy atom. The predicted octanol–water partition coefficient (Wildman–Crippen LogP) is 2.22. The Balaban J connectivity index is 2.89. The van der Waals surface area contributed by atoms with Gasteiger partial charge >= 0.3 is 5.97 Å². The summed E-state index contributed by atoms with van der Waals surface area (Å²) in [6.07, 6.45) is 0. The molecule has 0 bridgehead atoms. The van der Waals surface area contributed by atoms with Crippen LogP contribution in [-0.2, 0) is 4.79 Å². The van der Waals surface area contributed by atoms with Crippen LogP contribution in [0.1, 0.15) is 25.3 Å². The van der Waals surface area contributed by atoms with Gasteiger partial charge in [-0.15, -0.1) is 0 Å². The zero-order valence-electron chi connectivity index (χ0n) is 8.27. The first kappa shape index (κ1) is 10.6. The molecule has 2 N–H and O–H groups in total. The maximum absolute atomic E-state index is 10.7. The summed E-state index contributed by atoms with van der Waals surface area (Å²) in [6.45, 7) is 3.50. The first-order chi connectivity index (χ1) is 6.52. The van der Waals surface area contributed by atoms with E-state index in [1.807, 2.05) is 13.0 Å². The number of hydrogen-bond acceptors (Lipinski definition) is 2. The molecule has 0 aliphatic heterocycles. The zero-order valence-corrected chi connectivity index (χ0v) is 8.27. The number of rotatable bonds is 3. The number of phenolic OH excluding ortho intramolecular Hbond substituents is 1. The molecule has 0 heterocycles. The molecule has 0 saturated carbocycles. The molecule has 0 spiro atoms. The largest absolute Gasteiger partial charge is 0.508 e. The number of phenols is 1. The maximum atomic E-state index is 10.7. The van der Waals surface area contributed by atoms with Gasteiger partial charge in [0.2, 0.25) is 0 Å². The van der Waals surface area contributed by atoms with Crippen molar-refractivity contribution in [2.45, 2.75) is 19.8 Å². The van der Waals surface area contributed by atoms with Gasteiger partial charge in [0.05, 0.1) is 5.92 Å². The van der Waals surface area contributed by atoms with Gasteiger partial charge in [-0.25, -0.2) is 0 Å². The van der Waals surface area contributed by atoms with Gasteiger partial charge in [0.1, 0.15) is 5.75 Å². The van der Waals surface area contributed by atoms with Gasteiger partial charge in [-0.05, 0) is 23.6 Å². The van der Waals surface area contributed by atoms with Crippen molar-refractivity contribution >= 4 is 5.97 Å². The minimum absolute atomic E-state index is 0.0976. The molecule has 3 heteroatoms. The topological polar surface area (TPSA) is 57.5 Å². The Labute approximate surface area is 83.0 Å². The summed E-state index contributed by atoms with van der Waals surface area (Å²) in [4.78, 5) is 10.7. The van der Waals surface area contributed by atoms with E-state index in [9.17, 15) is 9.90 Å². The molecular weight excluding hydrogens is 180 g/mol. The Bertz CT molecular complexity index is 333. The molecule has 3 nitrogen and oxygen atoms in total. The van der Waals surface area contributed by atoms with Gasteiger partial charge in [-0.1, -0.05) is 26.0 Å². The van der Waals surface area contributed by atoms with E-state index >= 15 is 0 Å². The first-order valence-electron chi connectivity index (χ1n) is 4.54. The number of carboxylic acids is 1. The first-order valence-corrected chi connectivity index (χ1v) is 4.54. The standard InChI is InChI=1S/C11H14O3/c1-7(8(2)11(13)14)9-4-3-5-10(12)6-9/h3-8,12H,1-2H3,(H,13,14)/t7?,8-/m0/s1. The smallest absolute Gasteiger partial charge is 0.306 e. The Morgan fingerprint density at radius 1 is 1.36 bits per heavy atom. The SMILES string of the molecule is CC(c1cccc(O)c1)[C@H](C)C(=O)O. The molecule has 1 unspecified atom stereocenters. The second-order valence-electron chi connectivity index (χ2n) is 3.51. The monoisotopic (exact) mass is 194 g/mol. The van der Waals surface area contributed by atoms with Crippen molar-refractivity contribution in [1.82, 2.24) is 0 Å². The molecule has 0 aliphatic rings. The lowest BCUT2D eigenvalue weighted by Crippen LogP contribution is -2.16. The summed E-state index contributed by atoms with van der Waals surface area (Å²) < 4.78 is 0. The van der Waals surface area contributed by atoms with Crippen LogP contribution in [0.5, 0.6) is 5.75 Å². The van der Waals surface area contributed by atoms with E-state index in [4.69, 9.17) is 5.11 Å². The number of aliphatic carboxylic acids is 1. The summed E-state index contributed by atoms with van der Waals surface area (Å²) in [5.41, 5.74) is 0.847. The number of benzene rings is 1. The van der Waals surface area contributed by atoms with Gasteiger partial charge < -0.3 is 10.2 Å². The molecule has 0 radical (unpaired) electrons. The summed E-state index contributed by atoms with van der Waals surface area (Å²) in [5.74, 6) is -1.19. The Kier molecular flexibility index (Phi) is 3.12. The molecule has 0 amide bonds. The number of aromatic hydroxyl groups is 1. The van der Waals surface area contributed by atoms with E-state index in [1.54, 1.807) is 25.1 Å². The molecule has 0 aromatic heterocycles. The highest BCUT2D eigenvalue weighted by atomic mass is 16.4. The fourth-order valence-corrected chi connectivity index (χ4v) is 1.31. The molecule has 1 aromatic rings. The lowest BCUT2D eigenvalue weighted by atomic mass is 9.89. The van der Waals surface area contributed by atoms with Crippen molar-refractivity contribution in [1.29, 1.82) is 0 Å². The lowest BCUT2D eigenvalue weighted by molar-refractivity contribution is -0.141. The van der Waals surface area contributed by atoms with E-state index in [1.165, 1.54) is 0 Å². The summed E-state index contributed by atoms with van der Waals surface area (Å²) in [5, 5.41) is 18.1.